The van der Waals surface area contributed by atoms with Crippen LogP contribution in [0.5, 0.6) is 0 Å². The fraction of sp³-hybridized carbons (Fsp3) is 0.529. The summed E-state index contributed by atoms with van der Waals surface area (Å²) in [6.07, 6.45) is 4.89. The van der Waals surface area contributed by atoms with Crippen LogP contribution < -0.4 is 5.32 Å². The van der Waals surface area contributed by atoms with Gasteiger partial charge in [0.05, 0.1) is 0 Å². The third-order valence-corrected chi connectivity index (χ3v) is 4.04. The quantitative estimate of drug-likeness (QED) is 0.844. The summed E-state index contributed by atoms with van der Waals surface area (Å²) in [4.78, 5) is 0. The van der Waals surface area contributed by atoms with Gasteiger partial charge in [-0.05, 0) is 68.3 Å². The molecule has 0 atom stereocenters. The van der Waals surface area contributed by atoms with Gasteiger partial charge in [-0.25, -0.2) is 0 Å². The molecule has 0 amide bonds. The second-order valence-electron chi connectivity index (χ2n) is 5.52. The Bertz CT molecular complexity index is 414. The lowest BCUT2D eigenvalue weighted by molar-refractivity contribution is 0.372. The molecule has 98 valence electrons. The van der Waals surface area contributed by atoms with E-state index in [2.05, 4.69) is 43.9 Å². The zero-order chi connectivity index (χ0) is 13.0. The van der Waals surface area contributed by atoms with Gasteiger partial charge >= 0.3 is 0 Å². The molecule has 0 aliphatic carbocycles. The minimum atomic E-state index is 0.845. The third kappa shape index (κ3) is 3.23. The molecule has 1 aliphatic rings. The van der Waals surface area contributed by atoms with E-state index >= 15 is 0 Å². The predicted octanol–water partition coefficient (Wildman–Crippen LogP) is 3.96. The molecule has 0 saturated carbocycles. The van der Waals surface area contributed by atoms with Crippen LogP contribution in [-0.4, -0.2) is 13.1 Å². The zero-order valence-corrected chi connectivity index (χ0v) is 11.8. The lowest BCUT2D eigenvalue weighted by Gasteiger charge is -2.24. The highest BCUT2D eigenvalue weighted by atomic mass is 14.9. The summed E-state index contributed by atoms with van der Waals surface area (Å²) < 4.78 is 0. The summed E-state index contributed by atoms with van der Waals surface area (Å²) in [5.41, 5.74) is 5.52. The number of allylic oxidation sites excluding steroid dienone is 1. The summed E-state index contributed by atoms with van der Waals surface area (Å²) in [5, 5.41) is 3.44. The standard InChI is InChI=1S/C17H25N/c1-4-14(3)17-11-13(2)5-6-16(17)12-15-7-9-18-10-8-15/h5-6,11,15,18H,3-4,7-10,12H2,1-2H3. The Morgan fingerprint density at radius 2 is 2.06 bits per heavy atom. The molecule has 0 unspecified atom stereocenters. The Balaban J connectivity index is 2.17. The number of benzene rings is 1. The Morgan fingerprint density at radius 1 is 1.33 bits per heavy atom. The van der Waals surface area contributed by atoms with Crippen molar-refractivity contribution in [1.29, 1.82) is 0 Å². The van der Waals surface area contributed by atoms with E-state index in [9.17, 15) is 0 Å². The first-order chi connectivity index (χ1) is 8.70. The Labute approximate surface area is 111 Å². The molecule has 0 aromatic heterocycles. The van der Waals surface area contributed by atoms with Crippen LogP contribution in [-0.2, 0) is 6.42 Å². The van der Waals surface area contributed by atoms with Crippen molar-refractivity contribution in [2.75, 3.05) is 13.1 Å². The van der Waals surface area contributed by atoms with Crippen molar-refractivity contribution in [3.63, 3.8) is 0 Å². The lowest BCUT2D eigenvalue weighted by atomic mass is 9.86. The zero-order valence-electron chi connectivity index (χ0n) is 11.8. The van der Waals surface area contributed by atoms with Crippen molar-refractivity contribution in [2.45, 2.75) is 39.5 Å². The Morgan fingerprint density at radius 3 is 2.72 bits per heavy atom. The normalized spacial score (nSPS) is 16.8. The monoisotopic (exact) mass is 243 g/mol. The minimum Gasteiger partial charge on any atom is -0.317 e. The smallest absolute Gasteiger partial charge is 0.00462 e. The molecule has 1 nitrogen and oxygen atoms in total. The van der Waals surface area contributed by atoms with Crippen LogP contribution in [0.2, 0.25) is 0 Å². The predicted molar refractivity (Wildman–Crippen MR) is 79.8 cm³/mol. The summed E-state index contributed by atoms with van der Waals surface area (Å²) >= 11 is 0. The van der Waals surface area contributed by atoms with Crippen LogP contribution in [0.4, 0.5) is 0 Å². The van der Waals surface area contributed by atoms with Gasteiger partial charge in [-0.1, -0.05) is 37.3 Å². The molecule has 1 heteroatoms. The average Bonchev–Trinajstić information content (AvgIpc) is 2.41. The van der Waals surface area contributed by atoms with Gasteiger partial charge < -0.3 is 5.32 Å². The topological polar surface area (TPSA) is 12.0 Å². The summed E-state index contributed by atoms with van der Waals surface area (Å²) in [7, 11) is 0. The first-order valence-corrected chi connectivity index (χ1v) is 7.19. The van der Waals surface area contributed by atoms with Crippen molar-refractivity contribution in [2.24, 2.45) is 5.92 Å². The first kappa shape index (κ1) is 13.4. The van der Waals surface area contributed by atoms with Gasteiger partial charge in [0, 0.05) is 0 Å². The SMILES string of the molecule is C=C(CC)c1cc(C)ccc1CC1CCNCC1. The molecular weight excluding hydrogens is 218 g/mol. The molecule has 1 aromatic rings. The van der Waals surface area contributed by atoms with E-state index in [0.29, 0.717) is 0 Å². The van der Waals surface area contributed by atoms with Crippen molar-refractivity contribution >= 4 is 5.57 Å². The minimum absolute atomic E-state index is 0.845. The highest BCUT2D eigenvalue weighted by Crippen LogP contribution is 2.26. The highest BCUT2D eigenvalue weighted by Gasteiger charge is 2.15. The van der Waals surface area contributed by atoms with E-state index in [-0.39, 0.29) is 0 Å². The van der Waals surface area contributed by atoms with E-state index in [4.69, 9.17) is 0 Å². The van der Waals surface area contributed by atoms with E-state index < -0.39 is 0 Å². The van der Waals surface area contributed by atoms with E-state index in [1.807, 2.05) is 0 Å². The number of hydrogen-bond acceptors (Lipinski definition) is 1. The van der Waals surface area contributed by atoms with Gasteiger partial charge in [-0.3, -0.25) is 0 Å². The van der Waals surface area contributed by atoms with Gasteiger partial charge in [0.25, 0.3) is 0 Å². The molecule has 1 aromatic carbocycles. The average molecular weight is 243 g/mol. The summed E-state index contributed by atoms with van der Waals surface area (Å²) in [5.74, 6) is 0.845. The molecule has 18 heavy (non-hydrogen) atoms. The lowest BCUT2D eigenvalue weighted by Crippen LogP contribution is -2.28. The van der Waals surface area contributed by atoms with Crippen molar-refractivity contribution < 1.29 is 0 Å². The van der Waals surface area contributed by atoms with Crippen LogP contribution in [0.25, 0.3) is 5.57 Å². The van der Waals surface area contributed by atoms with E-state index in [1.54, 1.807) is 0 Å². The van der Waals surface area contributed by atoms with Gasteiger partial charge in [0.1, 0.15) is 0 Å². The second-order valence-corrected chi connectivity index (χ2v) is 5.52. The molecule has 1 N–H and O–H groups in total. The maximum atomic E-state index is 4.23. The Kier molecular flexibility index (Phi) is 4.60. The molecule has 1 heterocycles. The number of piperidine rings is 1. The van der Waals surface area contributed by atoms with Crippen LogP contribution in [0, 0.1) is 12.8 Å². The summed E-state index contributed by atoms with van der Waals surface area (Å²) in [6, 6.07) is 6.86. The van der Waals surface area contributed by atoms with Gasteiger partial charge in [-0.15, -0.1) is 0 Å². The molecule has 2 rings (SSSR count). The molecule has 0 spiro atoms. The number of hydrogen-bond donors (Lipinski definition) is 1. The molecule has 0 radical (unpaired) electrons. The fourth-order valence-corrected chi connectivity index (χ4v) is 2.78. The van der Waals surface area contributed by atoms with Crippen LogP contribution >= 0.6 is 0 Å². The maximum absolute atomic E-state index is 4.23. The van der Waals surface area contributed by atoms with Crippen LogP contribution in [0.15, 0.2) is 24.8 Å². The molecule has 1 saturated heterocycles. The van der Waals surface area contributed by atoms with E-state index in [1.165, 1.54) is 54.6 Å². The fourth-order valence-electron chi connectivity index (χ4n) is 2.78. The van der Waals surface area contributed by atoms with Crippen molar-refractivity contribution in [1.82, 2.24) is 5.32 Å². The molecular formula is C17H25N. The summed E-state index contributed by atoms with van der Waals surface area (Å²) in [6.45, 7) is 10.9. The van der Waals surface area contributed by atoms with Crippen molar-refractivity contribution in [3.05, 3.63) is 41.5 Å². The second kappa shape index (κ2) is 6.19. The maximum Gasteiger partial charge on any atom is -0.00462 e. The molecule has 1 aliphatic heterocycles. The number of nitrogens with one attached hydrogen (secondary N) is 1. The number of rotatable bonds is 4. The third-order valence-electron chi connectivity index (χ3n) is 4.04. The van der Waals surface area contributed by atoms with E-state index in [0.717, 1.165) is 12.3 Å². The van der Waals surface area contributed by atoms with Crippen molar-refractivity contribution in [3.8, 4) is 0 Å². The van der Waals surface area contributed by atoms with Crippen LogP contribution in [0.3, 0.4) is 0 Å². The highest BCUT2D eigenvalue weighted by molar-refractivity contribution is 5.66. The van der Waals surface area contributed by atoms with Gasteiger partial charge in [0.2, 0.25) is 0 Å². The molecule has 1 fully saturated rings. The van der Waals surface area contributed by atoms with Crippen LogP contribution in [0.1, 0.15) is 42.9 Å². The largest absolute Gasteiger partial charge is 0.317 e. The van der Waals surface area contributed by atoms with Gasteiger partial charge in [0.15, 0.2) is 0 Å². The molecule has 0 bridgehead atoms. The Hall–Kier alpha value is -1.08. The first-order valence-electron chi connectivity index (χ1n) is 7.19. The van der Waals surface area contributed by atoms with Gasteiger partial charge in [-0.2, -0.15) is 0 Å². The number of aryl methyl sites for hydroxylation is 1.